The van der Waals surface area contributed by atoms with Crippen molar-refractivity contribution in [1.82, 2.24) is 19.2 Å². The quantitative estimate of drug-likeness (QED) is 0.680. The molecule has 0 amide bonds. The summed E-state index contributed by atoms with van der Waals surface area (Å²) in [4.78, 5) is 15.4. The summed E-state index contributed by atoms with van der Waals surface area (Å²) in [5, 5.41) is 0. The number of sulfonamides is 1. The van der Waals surface area contributed by atoms with Gasteiger partial charge in [-0.15, -0.1) is 0 Å². The maximum Gasteiger partial charge on any atom is 0.390 e. The van der Waals surface area contributed by atoms with Gasteiger partial charge in [-0.3, -0.25) is 0 Å². The Bertz CT molecular complexity index is 804. The molecule has 0 unspecified atom stereocenters. The summed E-state index contributed by atoms with van der Waals surface area (Å²) in [7, 11) is -1.84. The van der Waals surface area contributed by atoms with Crippen molar-refractivity contribution in [2.45, 2.75) is 19.5 Å². The lowest BCUT2D eigenvalue weighted by atomic mass is 10.3. The molecule has 0 N–H and O–H groups in total. The van der Waals surface area contributed by atoms with Crippen molar-refractivity contribution < 1.29 is 21.6 Å². The van der Waals surface area contributed by atoms with Gasteiger partial charge in [0.2, 0.25) is 10.0 Å². The van der Waals surface area contributed by atoms with Crippen LogP contribution in [0.3, 0.4) is 0 Å². The number of aromatic nitrogens is 2. The normalized spacial score (nSPS) is 20.3. The molecule has 1 aromatic heterocycles. The zero-order valence-electron chi connectivity index (χ0n) is 16.7. The van der Waals surface area contributed by atoms with E-state index in [1.54, 1.807) is 0 Å². The predicted molar refractivity (Wildman–Crippen MR) is 105 cm³/mol. The molecule has 3 rings (SSSR count). The Balaban J connectivity index is 1.63. The molecule has 0 bridgehead atoms. The van der Waals surface area contributed by atoms with Gasteiger partial charge in [-0.05, 0) is 14.0 Å². The van der Waals surface area contributed by atoms with Crippen molar-refractivity contribution in [1.29, 1.82) is 0 Å². The number of hydrogen-bond donors (Lipinski definition) is 0. The van der Waals surface area contributed by atoms with Crippen LogP contribution in [-0.2, 0) is 10.0 Å². The molecule has 0 spiro atoms. The van der Waals surface area contributed by atoms with Crippen LogP contribution in [0.5, 0.6) is 0 Å². The van der Waals surface area contributed by atoms with Gasteiger partial charge < -0.3 is 14.7 Å². The molecule has 1 aromatic rings. The van der Waals surface area contributed by atoms with Gasteiger partial charge in [-0.25, -0.2) is 18.4 Å². The second-order valence-corrected chi connectivity index (χ2v) is 9.58. The fraction of sp³-hybridized carbons (Fsp3) is 0.765. The zero-order chi connectivity index (χ0) is 21.2. The molecule has 8 nitrogen and oxygen atoms in total. The molecule has 0 atom stereocenters. The SMILES string of the molecule is Cc1nc(N2CCN(C)CC2)cc(N2CCN(S(=O)(=O)CCC(F)(F)F)CC2)n1. The van der Waals surface area contributed by atoms with E-state index in [-0.39, 0.29) is 13.1 Å². The number of hydrogen-bond acceptors (Lipinski definition) is 7. The Kier molecular flexibility index (Phi) is 6.54. The van der Waals surface area contributed by atoms with Crippen molar-refractivity contribution in [3.05, 3.63) is 11.9 Å². The van der Waals surface area contributed by atoms with Gasteiger partial charge >= 0.3 is 6.18 Å². The number of piperazine rings is 2. The number of anilines is 2. The molecule has 2 aliphatic heterocycles. The Morgan fingerprint density at radius 2 is 1.41 bits per heavy atom. The average Bonchev–Trinajstić information content (AvgIpc) is 2.66. The molecule has 164 valence electrons. The molecule has 3 heterocycles. The average molecular weight is 437 g/mol. The second kappa shape index (κ2) is 8.60. The molecule has 29 heavy (non-hydrogen) atoms. The summed E-state index contributed by atoms with van der Waals surface area (Å²) in [6.45, 7) is 6.52. The minimum atomic E-state index is -4.48. The van der Waals surface area contributed by atoms with Crippen molar-refractivity contribution in [3.63, 3.8) is 0 Å². The van der Waals surface area contributed by atoms with Gasteiger partial charge in [-0.1, -0.05) is 0 Å². The fourth-order valence-corrected chi connectivity index (χ4v) is 4.93. The molecule has 0 radical (unpaired) electrons. The van der Waals surface area contributed by atoms with Crippen LogP contribution in [-0.4, -0.2) is 98.9 Å². The third-order valence-electron chi connectivity index (χ3n) is 5.24. The number of rotatable bonds is 5. The summed E-state index contributed by atoms with van der Waals surface area (Å²) >= 11 is 0. The molecule has 12 heteroatoms. The molecule has 2 aliphatic rings. The van der Waals surface area contributed by atoms with Crippen molar-refractivity contribution >= 4 is 21.7 Å². The van der Waals surface area contributed by atoms with Gasteiger partial charge in [0.05, 0.1) is 12.2 Å². The third kappa shape index (κ3) is 5.92. The van der Waals surface area contributed by atoms with Crippen LogP contribution in [0.15, 0.2) is 6.07 Å². The van der Waals surface area contributed by atoms with E-state index in [0.717, 1.165) is 42.1 Å². The first kappa shape index (κ1) is 22.0. The molecular weight excluding hydrogens is 409 g/mol. The van der Waals surface area contributed by atoms with Gasteiger partial charge in [0.15, 0.2) is 0 Å². The smallest absolute Gasteiger partial charge is 0.354 e. The van der Waals surface area contributed by atoms with E-state index in [1.807, 2.05) is 17.9 Å². The van der Waals surface area contributed by atoms with Crippen LogP contribution in [0.2, 0.25) is 0 Å². The van der Waals surface area contributed by atoms with Crippen molar-refractivity contribution in [3.8, 4) is 0 Å². The summed E-state index contributed by atoms with van der Waals surface area (Å²) in [6, 6.07) is 1.91. The molecule has 0 aromatic carbocycles. The van der Waals surface area contributed by atoms with Crippen LogP contribution in [0.4, 0.5) is 24.8 Å². The third-order valence-corrected chi connectivity index (χ3v) is 7.11. The molecule has 0 saturated carbocycles. The monoisotopic (exact) mass is 436 g/mol. The van der Waals surface area contributed by atoms with Gasteiger partial charge in [-0.2, -0.15) is 17.5 Å². The molecule has 2 saturated heterocycles. The largest absolute Gasteiger partial charge is 0.390 e. The van der Waals surface area contributed by atoms with E-state index in [0.29, 0.717) is 18.9 Å². The topological polar surface area (TPSA) is 72.9 Å². The first-order valence-electron chi connectivity index (χ1n) is 9.62. The maximum absolute atomic E-state index is 12.4. The van der Waals surface area contributed by atoms with Crippen LogP contribution in [0.1, 0.15) is 12.2 Å². The summed E-state index contributed by atoms with van der Waals surface area (Å²) < 4.78 is 62.6. The highest BCUT2D eigenvalue weighted by molar-refractivity contribution is 7.89. The second-order valence-electron chi connectivity index (χ2n) is 7.49. The number of alkyl halides is 3. The number of halogens is 3. The standard InChI is InChI=1S/C17H27F3N6O2S/c1-14-21-15(24-6-4-23(2)5-7-24)13-16(22-14)25-8-10-26(11-9-25)29(27,28)12-3-17(18,19)20/h13H,3-12H2,1-2H3. The summed E-state index contributed by atoms with van der Waals surface area (Å²) in [5.41, 5.74) is 0. The van der Waals surface area contributed by atoms with E-state index < -0.39 is 28.4 Å². The minimum Gasteiger partial charge on any atom is -0.354 e. The summed E-state index contributed by atoms with van der Waals surface area (Å²) in [5.74, 6) is 1.30. The summed E-state index contributed by atoms with van der Waals surface area (Å²) in [6.07, 6.45) is -5.80. The van der Waals surface area contributed by atoms with Crippen LogP contribution in [0.25, 0.3) is 0 Å². The molecular formula is C17H27F3N6O2S. The van der Waals surface area contributed by atoms with E-state index in [9.17, 15) is 21.6 Å². The number of aryl methyl sites for hydroxylation is 1. The highest BCUT2D eigenvalue weighted by Crippen LogP contribution is 2.24. The van der Waals surface area contributed by atoms with E-state index in [1.165, 1.54) is 0 Å². The first-order valence-corrected chi connectivity index (χ1v) is 11.2. The number of nitrogens with zero attached hydrogens (tertiary/aromatic N) is 6. The Labute approximate surface area is 169 Å². The maximum atomic E-state index is 12.4. The minimum absolute atomic E-state index is 0.146. The van der Waals surface area contributed by atoms with Crippen LogP contribution < -0.4 is 9.80 Å². The van der Waals surface area contributed by atoms with E-state index in [4.69, 9.17) is 0 Å². The number of likely N-dealkylation sites (N-methyl/N-ethyl adjacent to an activating group) is 1. The van der Waals surface area contributed by atoms with E-state index >= 15 is 0 Å². The van der Waals surface area contributed by atoms with Crippen LogP contribution in [0, 0.1) is 6.92 Å². The van der Waals surface area contributed by atoms with Crippen molar-refractivity contribution in [2.24, 2.45) is 0 Å². The lowest BCUT2D eigenvalue weighted by Crippen LogP contribution is -2.50. The fourth-order valence-electron chi connectivity index (χ4n) is 3.47. The Hall–Kier alpha value is -1.66. The van der Waals surface area contributed by atoms with Crippen molar-refractivity contribution in [2.75, 3.05) is 75.0 Å². The highest BCUT2D eigenvalue weighted by atomic mass is 32.2. The lowest BCUT2D eigenvalue weighted by Gasteiger charge is -2.36. The lowest BCUT2D eigenvalue weighted by molar-refractivity contribution is -0.130. The van der Waals surface area contributed by atoms with Gasteiger partial charge in [0.1, 0.15) is 17.5 Å². The first-order chi connectivity index (χ1) is 13.5. The predicted octanol–water partition coefficient (Wildman–Crippen LogP) is 0.941. The van der Waals surface area contributed by atoms with Crippen LogP contribution >= 0.6 is 0 Å². The molecule has 0 aliphatic carbocycles. The van der Waals surface area contributed by atoms with E-state index in [2.05, 4.69) is 26.8 Å². The Morgan fingerprint density at radius 1 is 0.931 bits per heavy atom. The zero-order valence-corrected chi connectivity index (χ0v) is 17.5. The van der Waals surface area contributed by atoms with Gasteiger partial charge in [0, 0.05) is 58.4 Å². The van der Waals surface area contributed by atoms with Gasteiger partial charge in [0.25, 0.3) is 0 Å². The molecule has 2 fully saturated rings. The Morgan fingerprint density at radius 3 is 1.90 bits per heavy atom. The highest BCUT2D eigenvalue weighted by Gasteiger charge is 2.34.